The fraction of sp³-hybridized carbons (Fsp3) is 1.00. The molecule has 4 heteroatoms. The van der Waals surface area contributed by atoms with Gasteiger partial charge >= 0.3 is 0 Å². The maximum atomic E-state index is 13.1. The normalized spacial score (nSPS) is 29.8. The highest BCUT2D eigenvalue weighted by atomic mass is 19.3. The third kappa shape index (κ3) is 4.16. The molecular weight excluding hydrogens is 234 g/mol. The van der Waals surface area contributed by atoms with Gasteiger partial charge in [-0.3, -0.25) is 0 Å². The van der Waals surface area contributed by atoms with Gasteiger partial charge in [-0.25, -0.2) is 8.78 Å². The molecule has 2 aliphatic rings. The molecule has 1 N–H and O–H groups in total. The SMILES string of the molecule is CCCNC1CCN(CC2CCC(F)(F)C2)CC1. The van der Waals surface area contributed by atoms with E-state index in [9.17, 15) is 8.78 Å². The van der Waals surface area contributed by atoms with Gasteiger partial charge in [-0.2, -0.15) is 0 Å². The monoisotopic (exact) mass is 260 g/mol. The zero-order valence-electron chi connectivity index (χ0n) is 11.4. The Morgan fingerprint density at radius 2 is 1.94 bits per heavy atom. The summed E-state index contributed by atoms with van der Waals surface area (Å²) in [4.78, 5) is 2.39. The predicted octanol–water partition coefficient (Wildman–Crippen LogP) is 2.89. The lowest BCUT2D eigenvalue weighted by Crippen LogP contribution is -2.44. The van der Waals surface area contributed by atoms with Gasteiger partial charge < -0.3 is 10.2 Å². The molecule has 1 saturated heterocycles. The van der Waals surface area contributed by atoms with Crippen LogP contribution >= 0.6 is 0 Å². The van der Waals surface area contributed by atoms with E-state index in [1.54, 1.807) is 0 Å². The average molecular weight is 260 g/mol. The summed E-state index contributed by atoms with van der Waals surface area (Å²) in [6, 6.07) is 0.645. The molecule has 18 heavy (non-hydrogen) atoms. The zero-order valence-corrected chi connectivity index (χ0v) is 11.4. The first-order valence-corrected chi connectivity index (χ1v) is 7.42. The molecule has 1 atom stereocenters. The first-order chi connectivity index (χ1) is 8.59. The number of hydrogen-bond donors (Lipinski definition) is 1. The van der Waals surface area contributed by atoms with Crippen molar-refractivity contribution in [2.45, 2.75) is 57.4 Å². The summed E-state index contributed by atoms with van der Waals surface area (Å²) in [7, 11) is 0. The van der Waals surface area contributed by atoms with Gasteiger partial charge in [-0.1, -0.05) is 6.92 Å². The Bertz CT molecular complexity index is 250. The summed E-state index contributed by atoms with van der Waals surface area (Å²) in [5.74, 6) is -2.16. The number of likely N-dealkylation sites (tertiary alicyclic amines) is 1. The quantitative estimate of drug-likeness (QED) is 0.817. The van der Waals surface area contributed by atoms with Crippen molar-refractivity contribution < 1.29 is 8.78 Å². The van der Waals surface area contributed by atoms with Crippen molar-refractivity contribution in [2.75, 3.05) is 26.2 Å². The Morgan fingerprint density at radius 3 is 2.50 bits per heavy atom. The molecule has 0 aromatic rings. The number of piperidine rings is 1. The van der Waals surface area contributed by atoms with Gasteiger partial charge in [-0.15, -0.1) is 0 Å². The Morgan fingerprint density at radius 1 is 1.22 bits per heavy atom. The van der Waals surface area contributed by atoms with Gasteiger partial charge in [-0.05, 0) is 51.2 Å². The summed E-state index contributed by atoms with van der Waals surface area (Å²) in [6.45, 7) is 6.31. The molecule has 0 spiro atoms. The van der Waals surface area contributed by atoms with E-state index in [4.69, 9.17) is 0 Å². The standard InChI is InChI=1S/C14H26F2N2/c1-2-7-17-13-4-8-18(9-5-13)11-12-3-6-14(15,16)10-12/h12-13,17H,2-11H2,1H3. The molecular formula is C14H26F2N2. The topological polar surface area (TPSA) is 15.3 Å². The van der Waals surface area contributed by atoms with Gasteiger partial charge in [0.15, 0.2) is 0 Å². The minimum absolute atomic E-state index is 0.103. The molecule has 106 valence electrons. The molecule has 1 unspecified atom stereocenters. The van der Waals surface area contributed by atoms with Crippen LogP contribution in [0.4, 0.5) is 8.78 Å². The predicted molar refractivity (Wildman–Crippen MR) is 70.0 cm³/mol. The van der Waals surface area contributed by atoms with Crippen molar-refractivity contribution >= 4 is 0 Å². The second-order valence-electron chi connectivity index (χ2n) is 5.99. The summed E-state index contributed by atoms with van der Waals surface area (Å²) >= 11 is 0. The molecule has 1 heterocycles. The van der Waals surface area contributed by atoms with Crippen LogP contribution in [0.25, 0.3) is 0 Å². The van der Waals surface area contributed by atoms with Crippen molar-refractivity contribution in [3.63, 3.8) is 0 Å². The molecule has 0 bridgehead atoms. The molecule has 0 aromatic heterocycles. The molecule has 2 nitrogen and oxygen atoms in total. The van der Waals surface area contributed by atoms with E-state index < -0.39 is 5.92 Å². The fourth-order valence-corrected chi connectivity index (χ4v) is 3.23. The van der Waals surface area contributed by atoms with Gasteiger partial charge in [0.1, 0.15) is 0 Å². The van der Waals surface area contributed by atoms with Crippen molar-refractivity contribution in [1.29, 1.82) is 0 Å². The van der Waals surface area contributed by atoms with Crippen LogP contribution in [-0.4, -0.2) is 43.0 Å². The van der Waals surface area contributed by atoms with Crippen molar-refractivity contribution in [2.24, 2.45) is 5.92 Å². The Labute approximate surface area is 109 Å². The van der Waals surface area contributed by atoms with Crippen molar-refractivity contribution in [3.8, 4) is 0 Å². The second kappa shape index (κ2) is 6.29. The number of nitrogens with zero attached hydrogens (tertiary/aromatic N) is 1. The lowest BCUT2D eigenvalue weighted by atomic mass is 10.0. The summed E-state index contributed by atoms with van der Waals surface area (Å²) in [5.41, 5.74) is 0. The van der Waals surface area contributed by atoms with Crippen molar-refractivity contribution in [3.05, 3.63) is 0 Å². The number of hydrogen-bond acceptors (Lipinski definition) is 2. The van der Waals surface area contributed by atoms with Crippen LogP contribution in [-0.2, 0) is 0 Å². The summed E-state index contributed by atoms with van der Waals surface area (Å²) < 4.78 is 26.2. The largest absolute Gasteiger partial charge is 0.314 e. The highest BCUT2D eigenvalue weighted by Crippen LogP contribution is 2.39. The third-order valence-electron chi connectivity index (χ3n) is 4.29. The first-order valence-electron chi connectivity index (χ1n) is 7.42. The Hall–Kier alpha value is -0.220. The smallest absolute Gasteiger partial charge is 0.248 e. The Balaban J connectivity index is 1.65. The number of alkyl halides is 2. The third-order valence-corrected chi connectivity index (χ3v) is 4.29. The maximum absolute atomic E-state index is 13.1. The van der Waals surface area contributed by atoms with Crippen LogP contribution in [0.2, 0.25) is 0 Å². The van der Waals surface area contributed by atoms with Crippen LogP contribution in [0.1, 0.15) is 45.4 Å². The number of halogens is 2. The molecule has 0 radical (unpaired) electrons. The van der Waals surface area contributed by atoms with Gasteiger partial charge in [0.05, 0.1) is 0 Å². The van der Waals surface area contributed by atoms with Crippen LogP contribution in [0, 0.1) is 5.92 Å². The minimum atomic E-state index is -2.38. The molecule has 2 fully saturated rings. The second-order valence-corrected chi connectivity index (χ2v) is 5.99. The molecule has 0 amide bonds. The molecule has 1 saturated carbocycles. The minimum Gasteiger partial charge on any atom is -0.314 e. The van der Waals surface area contributed by atoms with E-state index in [1.807, 2.05) is 0 Å². The van der Waals surface area contributed by atoms with E-state index in [0.717, 1.165) is 26.2 Å². The van der Waals surface area contributed by atoms with Crippen LogP contribution in [0.5, 0.6) is 0 Å². The van der Waals surface area contributed by atoms with Gasteiger partial charge in [0.25, 0.3) is 0 Å². The summed E-state index contributed by atoms with van der Waals surface area (Å²) in [5, 5.41) is 3.55. The Kier molecular flexibility index (Phi) is 4.96. The van der Waals surface area contributed by atoms with Crippen molar-refractivity contribution in [1.82, 2.24) is 10.2 Å². The lowest BCUT2D eigenvalue weighted by molar-refractivity contribution is 0.00300. The highest BCUT2D eigenvalue weighted by Gasteiger charge is 2.39. The maximum Gasteiger partial charge on any atom is 0.248 e. The van der Waals surface area contributed by atoms with E-state index in [1.165, 1.54) is 19.3 Å². The first kappa shape index (κ1) is 14.2. The molecule has 1 aliphatic carbocycles. The van der Waals surface area contributed by atoms with Gasteiger partial charge in [0.2, 0.25) is 5.92 Å². The van der Waals surface area contributed by atoms with E-state index >= 15 is 0 Å². The van der Waals surface area contributed by atoms with Crippen LogP contribution < -0.4 is 5.32 Å². The molecule has 0 aromatic carbocycles. The van der Waals surface area contributed by atoms with E-state index in [2.05, 4.69) is 17.1 Å². The van der Waals surface area contributed by atoms with Gasteiger partial charge in [0, 0.05) is 25.4 Å². The number of nitrogens with one attached hydrogen (secondary N) is 1. The molecule has 1 aliphatic heterocycles. The summed E-state index contributed by atoms with van der Waals surface area (Å²) in [6.07, 6.45) is 4.44. The fourth-order valence-electron chi connectivity index (χ4n) is 3.23. The van der Waals surface area contributed by atoms with Crippen LogP contribution in [0.3, 0.4) is 0 Å². The van der Waals surface area contributed by atoms with Crippen LogP contribution in [0.15, 0.2) is 0 Å². The van der Waals surface area contributed by atoms with E-state index in [0.29, 0.717) is 12.5 Å². The average Bonchev–Trinajstić information content (AvgIpc) is 2.68. The zero-order chi connectivity index (χ0) is 13.0. The van der Waals surface area contributed by atoms with E-state index in [-0.39, 0.29) is 18.8 Å². The highest BCUT2D eigenvalue weighted by molar-refractivity contribution is 4.85. The molecule has 2 rings (SSSR count). The number of rotatable bonds is 5. The lowest BCUT2D eigenvalue weighted by Gasteiger charge is -2.34.